The minimum Gasteiger partial charge on any atom is -0.311 e. The Morgan fingerprint density at radius 3 is 1.33 bits per heavy atom. The summed E-state index contributed by atoms with van der Waals surface area (Å²) < 4.78 is 0. The van der Waals surface area contributed by atoms with Gasteiger partial charge in [0.1, 0.15) is 0 Å². The predicted molar refractivity (Wildman–Crippen MR) is 228 cm³/mol. The number of hydrogen-bond acceptors (Lipinski definition) is 2. The molecule has 2 aliphatic rings. The lowest BCUT2D eigenvalue weighted by atomic mass is 9.33. The van der Waals surface area contributed by atoms with Gasteiger partial charge in [-0.1, -0.05) is 163 Å². The van der Waals surface area contributed by atoms with Crippen LogP contribution >= 0.6 is 0 Å². The van der Waals surface area contributed by atoms with Crippen molar-refractivity contribution in [3.8, 4) is 0 Å². The van der Waals surface area contributed by atoms with Gasteiger partial charge < -0.3 is 9.80 Å². The molecule has 3 heteroatoms. The van der Waals surface area contributed by atoms with Crippen LogP contribution in [-0.2, 0) is 5.41 Å². The Labute approximate surface area is 318 Å². The maximum absolute atomic E-state index is 2.48. The maximum Gasteiger partial charge on any atom is 0.252 e. The van der Waals surface area contributed by atoms with E-state index in [0.29, 0.717) is 0 Å². The van der Waals surface area contributed by atoms with Crippen molar-refractivity contribution in [3.05, 3.63) is 234 Å². The highest BCUT2D eigenvalue weighted by atomic mass is 15.2. The largest absolute Gasteiger partial charge is 0.311 e. The molecule has 54 heavy (non-hydrogen) atoms. The molecule has 0 aliphatic carbocycles. The summed E-state index contributed by atoms with van der Waals surface area (Å²) >= 11 is 0. The number of anilines is 6. The van der Waals surface area contributed by atoms with Crippen LogP contribution in [0.1, 0.15) is 33.4 Å². The first-order chi connectivity index (χ1) is 26.6. The molecule has 0 amide bonds. The number of hydrogen-bond donors (Lipinski definition) is 0. The van der Waals surface area contributed by atoms with E-state index in [1.165, 1.54) is 78.2 Å². The van der Waals surface area contributed by atoms with Gasteiger partial charge in [-0.05, 0) is 101 Å². The van der Waals surface area contributed by atoms with E-state index in [-0.39, 0.29) is 6.71 Å². The van der Waals surface area contributed by atoms with Crippen molar-refractivity contribution in [2.45, 2.75) is 19.3 Å². The van der Waals surface area contributed by atoms with E-state index in [2.05, 4.69) is 224 Å². The molecule has 2 aliphatic heterocycles. The van der Waals surface area contributed by atoms with Crippen molar-refractivity contribution in [1.29, 1.82) is 0 Å². The highest BCUT2D eigenvalue weighted by molar-refractivity contribution is 7.00. The van der Waals surface area contributed by atoms with E-state index < -0.39 is 5.41 Å². The van der Waals surface area contributed by atoms with Crippen LogP contribution in [0.25, 0.3) is 0 Å². The molecule has 0 saturated heterocycles. The van der Waals surface area contributed by atoms with Gasteiger partial charge in [-0.3, -0.25) is 0 Å². The Hall–Kier alpha value is -6.58. The van der Waals surface area contributed by atoms with Crippen LogP contribution in [0.4, 0.5) is 34.1 Å². The fraction of sp³-hybridized carbons (Fsp3) is 0.0588. The molecule has 256 valence electrons. The van der Waals surface area contributed by atoms with E-state index in [4.69, 9.17) is 0 Å². The lowest BCUT2D eigenvalue weighted by Gasteiger charge is -2.44. The van der Waals surface area contributed by atoms with E-state index in [0.717, 1.165) is 5.69 Å². The molecule has 0 N–H and O–H groups in total. The quantitative estimate of drug-likeness (QED) is 0.127. The Morgan fingerprint density at radius 1 is 0.352 bits per heavy atom. The van der Waals surface area contributed by atoms with Crippen LogP contribution in [0.5, 0.6) is 0 Å². The Bertz CT molecular complexity index is 2520. The Kier molecular flexibility index (Phi) is 7.62. The van der Waals surface area contributed by atoms with E-state index in [1.54, 1.807) is 0 Å². The molecule has 10 rings (SSSR count). The fourth-order valence-corrected chi connectivity index (χ4v) is 9.18. The number of para-hydroxylation sites is 1. The molecule has 2 nitrogen and oxygen atoms in total. The number of rotatable bonds is 6. The van der Waals surface area contributed by atoms with Crippen molar-refractivity contribution in [1.82, 2.24) is 0 Å². The second-order valence-corrected chi connectivity index (χ2v) is 14.7. The van der Waals surface area contributed by atoms with Crippen molar-refractivity contribution in [2.24, 2.45) is 0 Å². The summed E-state index contributed by atoms with van der Waals surface area (Å²) in [6.45, 7) is 4.48. The molecule has 0 saturated carbocycles. The zero-order chi connectivity index (χ0) is 36.2. The third-order valence-electron chi connectivity index (χ3n) is 11.5. The SMILES string of the molecule is Cc1ccc(N2c3ccc(C)cc3B3c4ccccc4N(c4ccc(C(c5ccccc5)(c5ccccc5)c5ccccc5)cc4)c4cccc2c43)cc1. The van der Waals surface area contributed by atoms with Crippen LogP contribution in [0.3, 0.4) is 0 Å². The molecule has 0 aromatic heterocycles. The molecule has 0 radical (unpaired) electrons. The molecule has 0 bridgehead atoms. The zero-order valence-electron chi connectivity index (χ0n) is 30.5. The summed E-state index contributed by atoms with van der Waals surface area (Å²) in [5, 5.41) is 0. The summed E-state index contributed by atoms with van der Waals surface area (Å²) in [6, 6.07) is 74.0. The normalized spacial score (nSPS) is 12.9. The monoisotopic (exact) mass is 690 g/mol. The first-order valence-electron chi connectivity index (χ1n) is 18.9. The van der Waals surface area contributed by atoms with Crippen molar-refractivity contribution in [3.63, 3.8) is 0 Å². The second kappa shape index (κ2) is 12.8. The molecule has 2 heterocycles. The lowest BCUT2D eigenvalue weighted by molar-refractivity contribution is 0.745. The van der Waals surface area contributed by atoms with Crippen molar-refractivity contribution < 1.29 is 0 Å². The number of benzene rings is 8. The van der Waals surface area contributed by atoms with Crippen molar-refractivity contribution in [2.75, 3.05) is 9.80 Å². The van der Waals surface area contributed by atoms with Gasteiger partial charge in [0.15, 0.2) is 0 Å². The lowest BCUT2D eigenvalue weighted by Crippen LogP contribution is -2.61. The summed E-state index contributed by atoms with van der Waals surface area (Å²) in [4.78, 5) is 4.95. The van der Waals surface area contributed by atoms with Gasteiger partial charge in [0.25, 0.3) is 6.71 Å². The molecule has 0 atom stereocenters. The first kappa shape index (κ1) is 32.1. The summed E-state index contributed by atoms with van der Waals surface area (Å²) in [5.41, 5.74) is 18.2. The van der Waals surface area contributed by atoms with Crippen LogP contribution in [0, 0.1) is 13.8 Å². The van der Waals surface area contributed by atoms with E-state index >= 15 is 0 Å². The van der Waals surface area contributed by atoms with Crippen LogP contribution in [0.15, 0.2) is 200 Å². The second-order valence-electron chi connectivity index (χ2n) is 14.7. The number of aryl methyl sites for hydroxylation is 2. The van der Waals surface area contributed by atoms with Gasteiger partial charge in [-0.15, -0.1) is 0 Å². The third kappa shape index (κ3) is 4.89. The minimum absolute atomic E-state index is 0.112. The highest BCUT2D eigenvalue weighted by Crippen LogP contribution is 2.47. The number of fused-ring (bicyclic) bond motifs is 4. The molecular weight excluding hydrogens is 651 g/mol. The average molecular weight is 691 g/mol. The summed E-state index contributed by atoms with van der Waals surface area (Å²) in [6.07, 6.45) is 0. The molecule has 0 unspecified atom stereocenters. The van der Waals surface area contributed by atoms with Crippen molar-refractivity contribution >= 4 is 57.2 Å². The first-order valence-corrected chi connectivity index (χ1v) is 18.9. The van der Waals surface area contributed by atoms with Gasteiger partial charge >= 0.3 is 0 Å². The molecule has 0 fully saturated rings. The maximum atomic E-state index is 2.48. The third-order valence-corrected chi connectivity index (χ3v) is 11.5. The summed E-state index contributed by atoms with van der Waals surface area (Å²) in [5.74, 6) is 0. The zero-order valence-corrected chi connectivity index (χ0v) is 30.5. The van der Waals surface area contributed by atoms with Gasteiger partial charge in [-0.2, -0.15) is 0 Å². The predicted octanol–water partition coefficient (Wildman–Crippen LogP) is 10.8. The number of nitrogens with zero attached hydrogens (tertiary/aromatic N) is 2. The fourth-order valence-electron chi connectivity index (χ4n) is 9.18. The Balaban J connectivity index is 1.19. The van der Waals surface area contributed by atoms with Crippen LogP contribution in [-0.4, -0.2) is 6.71 Å². The van der Waals surface area contributed by atoms with Gasteiger partial charge in [0.2, 0.25) is 0 Å². The van der Waals surface area contributed by atoms with E-state index in [1.807, 2.05) is 0 Å². The average Bonchev–Trinajstić information content (AvgIpc) is 3.23. The molecule has 0 spiro atoms. The van der Waals surface area contributed by atoms with Gasteiger partial charge in [-0.25, -0.2) is 0 Å². The van der Waals surface area contributed by atoms with Crippen LogP contribution in [0.2, 0.25) is 0 Å². The highest BCUT2D eigenvalue weighted by Gasteiger charge is 2.43. The molecular formula is C51H39BN2. The Morgan fingerprint density at radius 2 is 0.778 bits per heavy atom. The van der Waals surface area contributed by atoms with Gasteiger partial charge in [0, 0.05) is 34.1 Å². The van der Waals surface area contributed by atoms with E-state index in [9.17, 15) is 0 Å². The smallest absolute Gasteiger partial charge is 0.252 e. The topological polar surface area (TPSA) is 6.48 Å². The molecule has 8 aromatic rings. The minimum atomic E-state index is -0.505. The standard InChI is InChI=1S/C51H39BN2/c1-36-25-30-42(31-26-36)54-47-34-27-37(2)35-45(47)52-44-21-12-13-22-46(44)53(48-23-14-24-49(54)50(48)52)43-32-28-41(29-33-43)51(38-15-6-3-7-16-38,39-17-8-4-9-18-39)40-19-10-5-11-20-40/h3-35H,1-2H3. The van der Waals surface area contributed by atoms with Gasteiger partial charge in [0.05, 0.1) is 5.41 Å². The summed E-state index contributed by atoms with van der Waals surface area (Å²) in [7, 11) is 0. The van der Waals surface area contributed by atoms with Crippen LogP contribution < -0.4 is 26.2 Å². The molecule has 8 aromatic carbocycles.